The van der Waals surface area contributed by atoms with Gasteiger partial charge in [-0.3, -0.25) is 0 Å². The minimum atomic E-state index is 0.864. The predicted octanol–water partition coefficient (Wildman–Crippen LogP) is 4.46. The number of rotatable bonds is 4. The van der Waals surface area contributed by atoms with Crippen LogP contribution in [0.4, 0.5) is 0 Å². The number of hydrogen-bond donors (Lipinski definition) is 0. The Labute approximate surface area is 131 Å². The van der Waals surface area contributed by atoms with Crippen LogP contribution in [0, 0.1) is 12.8 Å². The first-order valence-corrected chi connectivity index (χ1v) is 8.82. The van der Waals surface area contributed by atoms with Crippen molar-refractivity contribution in [3.05, 3.63) is 29.8 Å². The zero-order valence-electron chi connectivity index (χ0n) is 12.9. The van der Waals surface area contributed by atoms with Crippen molar-refractivity contribution in [3.8, 4) is 11.4 Å². The van der Waals surface area contributed by atoms with Gasteiger partial charge < -0.3 is 4.57 Å². The maximum atomic E-state index is 4.37. The molecular weight excluding hydrogens is 278 g/mol. The van der Waals surface area contributed by atoms with Crippen LogP contribution in [0.2, 0.25) is 0 Å². The molecule has 0 amide bonds. The Morgan fingerprint density at radius 3 is 2.52 bits per heavy atom. The highest BCUT2D eigenvalue weighted by molar-refractivity contribution is 7.99. The van der Waals surface area contributed by atoms with Gasteiger partial charge in [-0.05, 0) is 25.7 Å². The van der Waals surface area contributed by atoms with E-state index in [0.717, 1.165) is 22.5 Å². The summed E-state index contributed by atoms with van der Waals surface area (Å²) in [6.07, 6.45) is 6.99. The maximum absolute atomic E-state index is 4.37. The van der Waals surface area contributed by atoms with Crippen LogP contribution in [0.3, 0.4) is 0 Å². The first-order valence-electron chi connectivity index (χ1n) is 7.83. The van der Waals surface area contributed by atoms with E-state index in [2.05, 4.69) is 53.0 Å². The summed E-state index contributed by atoms with van der Waals surface area (Å²) in [6.45, 7) is 2.10. The number of nitrogens with zero attached hydrogens (tertiary/aromatic N) is 3. The molecule has 1 fully saturated rings. The lowest BCUT2D eigenvalue weighted by atomic mass is 9.91. The van der Waals surface area contributed by atoms with Crippen molar-refractivity contribution < 1.29 is 0 Å². The van der Waals surface area contributed by atoms with Crippen LogP contribution < -0.4 is 0 Å². The summed E-state index contributed by atoms with van der Waals surface area (Å²) < 4.78 is 2.12. The van der Waals surface area contributed by atoms with Gasteiger partial charge in [-0.1, -0.05) is 60.9 Å². The Hall–Kier alpha value is -1.29. The molecule has 2 aromatic rings. The summed E-state index contributed by atoms with van der Waals surface area (Å²) in [5, 5.41) is 9.78. The van der Waals surface area contributed by atoms with Gasteiger partial charge in [0.15, 0.2) is 11.0 Å². The zero-order chi connectivity index (χ0) is 14.7. The lowest BCUT2D eigenvalue weighted by molar-refractivity contribution is 0.390. The number of aryl methyl sites for hydroxylation is 1. The largest absolute Gasteiger partial charge is 0.305 e. The molecule has 1 aliphatic carbocycles. The van der Waals surface area contributed by atoms with Gasteiger partial charge in [0.1, 0.15) is 0 Å². The maximum Gasteiger partial charge on any atom is 0.191 e. The van der Waals surface area contributed by atoms with Gasteiger partial charge in [-0.25, -0.2) is 0 Å². The molecule has 3 rings (SSSR count). The van der Waals surface area contributed by atoms with Crippen LogP contribution in [0.1, 0.15) is 37.7 Å². The summed E-state index contributed by atoms with van der Waals surface area (Å²) in [7, 11) is 2.07. The van der Waals surface area contributed by atoms with Crippen LogP contribution in [0.15, 0.2) is 29.4 Å². The third-order valence-corrected chi connectivity index (χ3v) is 5.57. The summed E-state index contributed by atoms with van der Waals surface area (Å²) >= 11 is 1.86. The summed E-state index contributed by atoms with van der Waals surface area (Å²) in [4.78, 5) is 0. The van der Waals surface area contributed by atoms with Crippen LogP contribution >= 0.6 is 11.8 Å². The molecule has 1 saturated carbocycles. The second kappa shape index (κ2) is 6.65. The van der Waals surface area contributed by atoms with E-state index in [4.69, 9.17) is 0 Å². The summed E-state index contributed by atoms with van der Waals surface area (Å²) in [5.41, 5.74) is 2.41. The van der Waals surface area contributed by atoms with Crippen molar-refractivity contribution in [2.75, 3.05) is 5.75 Å². The molecule has 0 unspecified atom stereocenters. The van der Waals surface area contributed by atoms with E-state index >= 15 is 0 Å². The average Bonchev–Trinajstić information content (AvgIpc) is 2.88. The molecule has 0 spiro atoms. The van der Waals surface area contributed by atoms with Crippen LogP contribution in [0.25, 0.3) is 11.4 Å². The number of thioether (sulfide) groups is 1. The predicted molar refractivity (Wildman–Crippen MR) is 88.5 cm³/mol. The van der Waals surface area contributed by atoms with Gasteiger partial charge in [0.05, 0.1) is 0 Å². The monoisotopic (exact) mass is 301 g/mol. The SMILES string of the molecule is Cc1ccc(-c2nnc(SCC3CCCCC3)n2C)cc1. The van der Waals surface area contributed by atoms with Gasteiger partial charge in [0.25, 0.3) is 0 Å². The Morgan fingerprint density at radius 1 is 1.10 bits per heavy atom. The highest BCUT2D eigenvalue weighted by atomic mass is 32.2. The molecule has 21 heavy (non-hydrogen) atoms. The smallest absolute Gasteiger partial charge is 0.191 e. The number of hydrogen-bond acceptors (Lipinski definition) is 3. The van der Waals surface area contributed by atoms with Crippen molar-refractivity contribution in [1.29, 1.82) is 0 Å². The lowest BCUT2D eigenvalue weighted by Crippen LogP contribution is -2.09. The third-order valence-electron chi connectivity index (χ3n) is 4.32. The second-order valence-corrected chi connectivity index (χ2v) is 7.03. The van der Waals surface area contributed by atoms with E-state index in [-0.39, 0.29) is 0 Å². The van der Waals surface area contributed by atoms with E-state index in [0.29, 0.717) is 0 Å². The highest BCUT2D eigenvalue weighted by Gasteiger charge is 2.16. The van der Waals surface area contributed by atoms with Crippen LogP contribution in [0.5, 0.6) is 0 Å². The minimum Gasteiger partial charge on any atom is -0.305 e. The Kier molecular flexibility index (Phi) is 4.63. The third kappa shape index (κ3) is 3.49. The van der Waals surface area contributed by atoms with E-state index < -0.39 is 0 Å². The first kappa shape index (κ1) is 14.6. The molecule has 1 aromatic carbocycles. The fourth-order valence-corrected chi connectivity index (χ4v) is 4.04. The van der Waals surface area contributed by atoms with Crippen molar-refractivity contribution in [1.82, 2.24) is 14.8 Å². The standard InChI is InChI=1S/C17H23N3S/c1-13-8-10-15(11-9-13)16-18-19-17(20(16)2)21-12-14-6-4-3-5-7-14/h8-11,14H,3-7,12H2,1-2H3. The molecule has 1 heterocycles. The van der Waals surface area contributed by atoms with Crippen molar-refractivity contribution in [3.63, 3.8) is 0 Å². The fraction of sp³-hybridized carbons (Fsp3) is 0.529. The van der Waals surface area contributed by atoms with Crippen LogP contribution in [-0.2, 0) is 7.05 Å². The Balaban J connectivity index is 1.68. The summed E-state index contributed by atoms with van der Waals surface area (Å²) in [6, 6.07) is 8.49. The topological polar surface area (TPSA) is 30.7 Å². The molecule has 3 nitrogen and oxygen atoms in total. The Morgan fingerprint density at radius 2 is 1.81 bits per heavy atom. The second-order valence-electron chi connectivity index (χ2n) is 6.05. The fourth-order valence-electron chi connectivity index (χ4n) is 2.94. The number of aromatic nitrogens is 3. The molecule has 0 aliphatic heterocycles. The molecule has 1 aliphatic rings. The molecule has 112 valence electrons. The highest BCUT2D eigenvalue weighted by Crippen LogP contribution is 2.30. The molecule has 4 heteroatoms. The van der Waals surface area contributed by atoms with Gasteiger partial charge in [0, 0.05) is 18.4 Å². The zero-order valence-corrected chi connectivity index (χ0v) is 13.7. The molecule has 0 N–H and O–H groups in total. The quantitative estimate of drug-likeness (QED) is 0.781. The van der Waals surface area contributed by atoms with E-state index in [1.165, 1.54) is 43.4 Å². The van der Waals surface area contributed by atoms with Crippen molar-refractivity contribution >= 4 is 11.8 Å². The molecule has 1 aromatic heterocycles. The average molecular weight is 301 g/mol. The normalized spacial score (nSPS) is 16.3. The van der Waals surface area contributed by atoms with Crippen molar-refractivity contribution in [2.45, 2.75) is 44.2 Å². The molecule has 0 saturated heterocycles. The van der Waals surface area contributed by atoms with Gasteiger partial charge in [-0.2, -0.15) is 0 Å². The van der Waals surface area contributed by atoms with Gasteiger partial charge >= 0.3 is 0 Å². The minimum absolute atomic E-state index is 0.864. The Bertz CT molecular complexity index is 583. The summed E-state index contributed by atoms with van der Waals surface area (Å²) in [5.74, 6) is 3.00. The molecular formula is C17H23N3S. The van der Waals surface area contributed by atoms with E-state index in [9.17, 15) is 0 Å². The van der Waals surface area contributed by atoms with E-state index in [1.807, 2.05) is 11.8 Å². The van der Waals surface area contributed by atoms with Gasteiger partial charge in [0.2, 0.25) is 0 Å². The van der Waals surface area contributed by atoms with Crippen LogP contribution in [-0.4, -0.2) is 20.5 Å². The first-order chi connectivity index (χ1) is 10.2. The number of benzene rings is 1. The van der Waals surface area contributed by atoms with Crippen molar-refractivity contribution in [2.24, 2.45) is 13.0 Å². The molecule has 0 bridgehead atoms. The van der Waals surface area contributed by atoms with E-state index in [1.54, 1.807) is 0 Å². The lowest BCUT2D eigenvalue weighted by Gasteiger charge is -2.20. The molecule has 0 radical (unpaired) electrons. The van der Waals surface area contributed by atoms with Gasteiger partial charge in [-0.15, -0.1) is 10.2 Å². The molecule has 0 atom stereocenters.